The normalized spacial score (nSPS) is 12.4. The predicted molar refractivity (Wildman–Crippen MR) is 186 cm³/mol. The summed E-state index contributed by atoms with van der Waals surface area (Å²) in [6.07, 6.45) is 37.4. The van der Waals surface area contributed by atoms with E-state index in [9.17, 15) is 0 Å². The van der Waals surface area contributed by atoms with Crippen LogP contribution in [-0.4, -0.2) is 27.1 Å². The maximum Gasteiger partial charge on any atom is 0.0791 e. The number of hydrogen-bond donors (Lipinski definition) is 0. The first kappa shape index (κ1) is 40.8. The molecule has 0 aliphatic heterocycles. The number of halogens is 1. The zero-order valence-electron chi connectivity index (χ0n) is 27.9. The van der Waals surface area contributed by atoms with E-state index in [0.717, 1.165) is 0 Å². The van der Waals surface area contributed by atoms with Gasteiger partial charge in [-0.2, -0.15) is 0 Å². The molecule has 0 aromatic rings. The van der Waals surface area contributed by atoms with E-state index in [1.165, 1.54) is 184 Å². The van der Waals surface area contributed by atoms with Crippen molar-refractivity contribution in [3.8, 4) is 0 Å². The van der Waals surface area contributed by atoms with Crippen molar-refractivity contribution >= 4 is 27.4 Å². The van der Waals surface area contributed by atoms with E-state index in [0.29, 0.717) is 11.0 Å². The number of rotatable bonds is 29. The molecule has 1 nitrogen and oxygen atoms in total. The van der Waals surface area contributed by atoms with Gasteiger partial charge in [-0.1, -0.05) is 163 Å². The van der Waals surface area contributed by atoms with E-state index in [-0.39, 0.29) is 17.0 Å². The summed E-state index contributed by atoms with van der Waals surface area (Å²) in [5.74, 6) is 0. The summed E-state index contributed by atoms with van der Waals surface area (Å²) in [6, 6.07) is 0. The highest BCUT2D eigenvalue weighted by Crippen LogP contribution is 2.45. The third kappa shape index (κ3) is 22.4. The second kappa shape index (κ2) is 27.8. The molecule has 0 aliphatic carbocycles. The summed E-state index contributed by atoms with van der Waals surface area (Å²) in [7, 11) is 1.21. The second-order valence-corrected chi connectivity index (χ2v) is 14.6. The minimum Gasteiger partial charge on any atom is -0.327 e. The third-order valence-corrected chi connectivity index (χ3v) is 11.0. The average molecular weight is 619 g/mol. The Morgan fingerprint density at radius 2 is 0.737 bits per heavy atom. The monoisotopic (exact) mass is 617 g/mol. The summed E-state index contributed by atoms with van der Waals surface area (Å²) in [6.45, 7) is 15.9. The molecule has 0 heterocycles. The number of unbranched alkanes of at least 4 members (excludes halogenated alkanes) is 18. The molecular weight excluding hydrogens is 542 g/mol. The highest BCUT2D eigenvalue weighted by molar-refractivity contribution is 8.93. The SMILES string of the molecule is Br.CCCCCCCCCCCCN([SiH3])C(C)(C)CC(CCCCCC)(CCCCCC)CCCCCC. The fourth-order valence-corrected chi connectivity index (χ4v) is 7.09. The third-order valence-electron chi connectivity index (χ3n) is 9.37. The van der Waals surface area contributed by atoms with Gasteiger partial charge < -0.3 is 4.57 Å². The van der Waals surface area contributed by atoms with Crippen molar-refractivity contribution in [1.29, 1.82) is 0 Å². The first-order valence-corrected chi connectivity index (χ1v) is 18.5. The Labute approximate surface area is 257 Å². The number of nitrogens with zero attached hydrogens (tertiary/aromatic N) is 1. The zero-order chi connectivity index (χ0) is 27.7. The van der Waals surface area contributed by atoms with Crippen LogP contribution in [0.3, 0.4) is 0 Å². The van der Waals surface area contributed by atoms with E-state index in [1.54, 1.807) is 0 Å². The molecule has 38 heavy (non-hydrogen) atoms. The smallest absolute Gasteiger partial charge is 0.0791 e. The van der Waals surface area contributed by atoms with Crippen molar-refractivity contribution in [2.24, 2.45) is 5.41 Å². The van der Waals surface area contributed by atoms with Crippen molar-refractivity contribution in [3.63, 3.8) is 0 Å². The summed E-state index contributed by atoms with van der Waals surface area (Å²) >= 11 is 0. The fourth-order valence-electron chi connectivity index (χ4n) is 6.61. The minimum atomic E-state index is 0. The molecular formula is C35H76BrNSi. The van der Waals surface area contributed by atoms with E-state index in [4.69, 9.17) is 0 Å². The molecule has 0 unspecified atom stereocenters. The van der Waals surface area contributed by atoms with Crippen LogP contribution in [0.2, 0.25) is 0 Å². The topological polar surface area (TPSA) is 3.24 Å². The second-order valence-electron chi connectivity index (χ2n) is 13.5. The van der Waals surface area contributed by atoms with Gasteiger partial charge >= 0.3 is 0 Å². The molecule has 0 amide bonds. The first-order valence-electron chi connectivity index (χ1n) is 17.6. The quantitative estimate of drug-likeness (QED) is 0.0595. The molecule has 0 saturated carbocycles. The lowest BCUT2D eigenvalue weighted by Crippen LogP contribution is -2.47. The van der Waals surface area contributed by atoms with E-state index in [2.05, 4.69) is 46.1 Å². The van der Waals surface area contributed by atoms with Crippen LogP contribution in [0.4, 0.5) is 0 Å². The lowest BCUT2D eigenvalue weighted by Gasteiger charge is -2.46. The van der Waals surface area contributed by atoms with Crippen LogP contribution in [0.5, 0.6) is 0 Å². The lowest BCUT2D eigenvalue weighted by atomic mass is 9.67. The van der Waals surface area contributed by atoms with Crippen LogP contribution in [-0.2, 0) is 0 Å². The van der Waals surface area contributed by atoms with Crippen molar-refractivity contribution < 1.29 is 0 Å². The summed E-state index contributed by atoms with van der Waals surface area (Å²) < 4.78 is 2.89. The van der Waals surface area contributed by atoms with Gasteiger partial charge in [-0.15, -0.1) is 17.0 Å². The summed E-state index contributed by atoms with van der Waals surface area (Å²) in [4.78, 5) is 0. The molecule has 3 heteroatoms. The largest absolute Gasteiger partial charge is 0.327 e. The van der Waals surface area contributed by atoms with Crippen LogP contribution in [0.15, 0.2) is 0 Å². The molecule has 0 fully saturated rings. The fraction of sp³-hybridized carbons (Fsp3) is 1.00. The van der Waals surface area contributed by atoms with Gasteiger partial charge in [-0.25, -0.2) is 0 Å². The Bertz CT molecular complexity index is 436. The van der Waals surface area contributed by atoms with E-state index < -0.39 is 0 Å². The summed E-state index contributed by atoms with van der Waals surface area (Å²) in [5, 5.41) is 0. The average Bonchev–Trinajstić information content (AvgIpc) is 2.88. The molecule has 0 N–H and O–H groups in total. The molecule has 0 bridgehead atoms. The van der Waals surface area contributed by atoms with Gasteiger partial charge in [0.1, 0.15) is 0 Å². The van der Waals surface area contributed by atoms with Gasteiger partial charge in [0.15, 0.2) is 0 Å². The van der Waals surface area contributed by atoms with Gasteiger partial charge in [0, 0.05) is 5.54 Å². The van der Waals surface area contributed by atoms with Crippen molar-refractivity contribution in [3.05, 3.63) is 0 Å². The molecule has 0 rings (SSSR count). The minimum absolute atomic E-state index is 0. The summed E-state index contributed by atoms with van der Waals surface area (Å²) in [5.41, 5.74) is 0.949. The molecule has 0 aromatic heterocycles. The van der Waals surface area contributed by atoms with Crippen molar-refractivity contribution in [1.82, 2.24) is 4.57 Å². The number of hydrogen-bond acceptors (Lipinski definition) is 1. The first-order chi connectivity index (χ1) is 17.9. The Morgan fingerprint density at radius 1 is 0.447 bits per heavy atom. The maximum atomic E-state index is 2.89. The highest BCUT2D eigenvalue weighted by atomic mass is 79.9. The predicted octanol–water partition coefficient (Wildman–Crippen LogP) is 12.1. The van der Waals surface area contributed by atoms with Crippen LogP contribution in [0.1, 0.15) is 208 Å². The Balaban J connectivity index is 0. The zero-order valence-corrected chi connectivity index (χ0v) is 31.7. The molecule has 0 atom stereocenters. The van der Waals surface area contributed by atoms with Gasteiger partial charge in [0.05, 0.1) is 10.4 Å². The highest BCUT2D eigenvalue weighted by Gasteiger charge is 2.36. The molecule has 0 radical (unpaired) electrons. The van der Waals surface area contributed by atoms with E-state index >= 15 is 0 Å². The van der Waals surface area contributed by atoms with Gasteiger partial charge in [-0.3, -0.25) is 0 Å². The van der Waals surface area contributed by atoms with Gasteiger partial charge in [0.25, 0.3) is 0 Å². The Morgan fingerprint density at radius 3 is 1.08 bits per heavy atom. The standard InChI is InChI=1S/C35H75NSi.BrH/c1-7-11-15-19-20-21-22-23-24-28-32-36(37)34(5,6)33-35(29-25-16-12-8-2,30-26-17-13-9-3)31-27-18-14-10-4;/h7-33H2,1-6,37H3;1H. The molecule has 232 valence electrons. The Hall–Kier alpha value is 0.657. The lowest BCUT2D eigenvalue weighted by molar-refractivity contribution is 0.0883. The van der Waals surface area contributed by atoms with Crippen molar-refractivity contribution in [2.75, 3.05) is 6.54 Å². The molecule has 0 spiro atoms. The van der Waals surface area contributed by atoms with Gasteiger partial charge in [0.2, 0.25) is 0 Å². The maximum absolute atomic E-state index is 2.89. The molecule has 0 aliphatic rings. The van der Waals surface area contributed by atoms with Crippen LogP contribution < -0.4 is 0 Å². The van der Waals surface area contributed by atoms with Crippen molar-refractivity contribution in [2.45, 2.75) is 214 Å². The van der Waals surface area contributed by atoms with Crippen LogP contribution in [0, 0.1) is 5.41 Å². The Kier molecular flexibility index (Phi) is 29.9. The van der Waals surface area contributed by atoms with Crippen LogP contribution in [0.25, 0.3) is 0 Å². The van der Waals surface area contributed by atoms with E-state index in [1.807, 2.05) is 0 Å². The van der Waals surface area contributed by atoms with Gasteiger partial charge in [-0.05, 0) is 57.9 Å². The molecule has 0 saturated heterocycles. The van der Waals surface area contributed by atoms with Crippen LogP contribution >= 0.6 is 17.0 Å². The molecule has 0 aromatic carbocycles.